The molecule has 0 saturated carbocycles. The highest BCUT2D eigenvalue weighted by Crippen LogP contribution is 2.21. The first-order valence-electron chi connectivity index (χ1n) is 7.46. The summed E-state index contributed by atoms with van der Waals surface area (Å²) in [5.74, 6) is 0.614. The molecule has 3 aromatic rings. The highest BCUT2D eigenvalue weighted by Gasteiger charge is 2.18. The van der Waals surface area contributed by atoms with Crippen molar-refractivity contribution in [2.24, 2.45) is 0 Å². The molecule has 6 nitrogen and oxygen atoms in total. The Morgan fingerprint density at radius 2 is 2.13 bits per heavy atom. The first-order valence-corrected chi connectivity index (χ1v) is 7.46. The lowest BCUT2D eigenvalue weighted by Crippen LogP contribution is -2.28. The van der Waals surface area contributed by atoms with E-state index in [1.165, 1.54) is 0 Å². The summed E-state index contributed by atoms with van der Waals surface area (Å²) in [6.45, 7) is 2.03. The van der Waals surface area contributed by atoms with Crippen molar-refractivity contribution < 1.29 is 9.53 Å². The van der Waals surface area contributed by atoms with Gasteiger partial charge in [0.2, 0.25) is 0 Å². The van der Waals surface area contributed by atoms with E-state index in [2.05, 4.69) is 15.4 Å². The van der Waals surface area contributed by atoms with E-state index < -0.39 is 0 Å². The van der Waals surface area contributed by atoms with Crippen LogP contribution in [-0.2, 0) is 0 Å². The zero-order valence-corrected chi connectivity index (χ0v) is 13.1. The minimum absolute atomic E-state index is 0.0768. The number of carbonyl (C=O) groups excluding carboxylic acids is 1. The maximum Gasteiger partial charge on any atom is 0.257 e. The van der Waals surface area contributed by atoms with Gasteiger partial charge in [-0.2, -0.15) is 5.10 Å². The Bertz CT molecular complexity index is 811. The molecular weight excluding hydrogens is 292 g/mol. The standard InChI is InChI=1S/C17H18N4O2/c1-3-15(12-5-7-13(23-2)8-6-12)20-17(22)14-11-19-21-10-4-9-18-16(14)21/h4-11,15H,3H2,1-2H3,(H,20,22)/t15-/m0/s1. The van der Waals surface area contributed by atoms with Crippen LogP contribution in [0.3, 0.4) is 0 Å². The fourth-order valence-electron chi connectivity index (χ4n) is 2.48. The van der Waals surface area contributed by atoms with Crippen molar-refractivity contribution >= 4 is 11.6 Å². The van der Waals surface area contributed by atoms with Crippen LogP contribution in [0.1, 0.15) is 35.3 Å². The third kappa shape index (κ3) is 3.01. The largest absolute Gasteiger partial charge is 0.497 e. The van der Waals surface area contributed by atoms with Crippen LogP contribution in [0.25, 0.3) is 5.65 Å². The molecule has 1 amide bonds. The zero-order valence-electron chi connectivity index (χ0n) is 13.1. The summed E-state index contributed by atoms with van der Waals surface area (Å²) in [6, 6.07) is 9.39. The van der Waals surface area contributed by atoms with Crippen molar-refractivity contribution in [2.75, 3.05) is 7.11 Å². The summed E-state index contributed by atoms with van der Waals surface area (Å²) < 4.78 is 6.75. The monoisotopic (exact) mass is 310 g/mol. The number of carbonyl (C=O) groups is 1. The summed E-state index contributed by atoms with van der Waals surface area (Å²) in [5.41, 5.74) is 2.05. The normalized spacial score (nSPS) is 12.1. The first kappa shape index (κ1) is 15.0. The van der Waals surface area contributed by atoms with E-state index in [4.69, 9.17) is 4.74 Å². The number of benzene rings is 1. The third-order valence-electron chi connectivity index (χ3n) is 3.76. The number of nitrogens with one attached hydrogen (secondary N) is 1. The highest BCUT2D eigenvalue weighted by molar-refractivity contribution is 5.99. The van der Waals surface area contributed by atoms with E-state index in [1.807, 2.05) is 31.2 Å². The summed E-state index contributed by atoms with van der Waals surface area (Å²) in [7, 11) is 1.63. The predicted molar refractivity (Wildman–Crippen MR) is 86.5 cm³/mol. The minimum Gasteiger partial charge on any atom is -0.497 e. The van der Waals surface area contributed by atoms with Crippen LogP contribution in [0.5, 0.6) is 5.75 Å². The Morgan fingerprint density at radius 1 is 1.35 bits per heavy atom. The fraction of sp³-hybridized carbons (Fsp3) is 0.235. The number of hydrogen-bond donors (Lipinski definition) is 1. The van der Waals surface area contributed by atoms with Gasteiger partial charge in [-0.3, -0.25) is 4.79 Å². The van der Waals surface area contributed by atoms with E-state index in [0.29, 0.717) is 11.2 Å². The molecule has 6 heteroatoms. The number of hydrogen-bond acceptors (Lipinski definition) is 4. The zero-order chi connectivity index (χ0) is 16.2. The molecule has 1 N–H and O–H groups in total. The van der Waals surface area contributed by atoms with Gasteiger partial charge in [0, 0.05) is 12.4 Å². The van der Waals surface area contributed by atoms with Crippen LogP contribution in [-0.4, -0.2) is 27.6 Å². The van der Waals surface area contributed by atoms with Gasteiger partial charge < -0.3 is 10.1 Å². The van der Waals surface area contributed by atoms with Crippen LogP contribution in [0.15, 0.2) is 48.9 Å². The maximum absolute atomic E-state index is 12.6. The molecule has 0 fully saturated rings. The van der Waals surface area contributed by atoms with Gasteiger partial charge in [-0.05, 0) is 30.2 Å². The molecule has 118 valence electrons. The van der Waals surface area contributed by atoms with Crippen molar-refractivity contribution in [1.82, 2.24) is 19.9 Å². The Labute approximate surface area is 134 Å². The molecule has 0 unspecified atom stereocenters. The number of fused-ring (bicyclic) bond motifs is 1. The van der Waals surface area contributed by atoms with Crippen LogP contribution < -0.4 is 10.1 Å². The lowest BCUT2D eigenvalue weighted by Gasteiger charge is -2.17. The van der Waals surface area contributed by atoms with Gasteiger partial charge in [-0.1, -0.05) is 19.1 Å². The molecule has 0 aliphatic rings. The van der Waals surface area contributed by atoms with Crippen molar-refractivity contribution in [3.8, 4) is 5.75 Å². The molecule has 2 aromatic heterocycles. The number of methoxy groups -OCH3 is 1. The van der Waals surface area contributed by atoms with Crippen molar-refractivity contribution in [3.05, 3.63) is 60.0 Å². The van der Waals surface area contributed by atoms with Crippen LogP contribution in [0.4, 0.5) is 0 Å². The van der Waals surface area contributed by atoms with E-state index in [0.717, 1.165) is 17.7 Å². The van der Waals surface area contributed by atoms with E-state index in [-0.39, 0.29) is 11.9 Å². The number of rotatable bonds is 5. The molecule has 0 aliphatic carbocycles. The molecule has 3 rings (SSSR count). The average molecular weight is 310 g/mol. The number of ether oxygens (including phenoxy) is 1. The minimum atomic E-state index is -0.179. The summed E-state index contributed by atoms with van der Waals surface area (Å²) in [6.07, 6.45) is 5.73. The topological polar surface area (TPSA) is 68.5 Å². The van der Waals surface area contributed by atoms with Gasteiger partial charge in [0.15, 0.2) is 5.65 Å². The summed E-state index contributed by atoms with van der Waals surface area (Å²) in [5, 5.41) is 7.19. The molecular formula is C17H18N4O2. The predicted octanol–water partition coefficient (Wildman–Crippen LogP) is 2.62. The summed E-state index contributed by atoms with van der Waals surface area (Å²) >= 11 is 0. The van der Waals surface area contributed by atoms with Gasteiger partial charge in [0.05, 0.1) is 19.3 Å². The van der Waals surface area contributed by atoms with Gasteiger partial charge in [0.1, 0.15) is 11.3 Å². The van der Waals surface area contributed by atoms with Crippen LogP contribution in [0.2, 0.25) is 0 Å². The second kappa shape index (κ2) is 6.48. The average Bonchev–Trinajstić information content (AvgIpc) is 3.04. The maximum atomic E-state index is 12.6. The van der Waals surface area contributed by atoms with Gasteiger partial charge in [-0.25, -0.2) is 9.50 Å². The van der Waals surface area contributed by atoms with Crippen LogP contribution >= 0.6 is 0 Å². The Balaban J connectivity index is 1.81. The summed E-state index contributed by atoms with van der Waals surface area (Å²) in [4.78, 5) is 16.8. The molecule has 1 aromatic carbocycles. The van der Waals surface area contributed by atoms with Crippen LogP contribution in [0, 0.1) is 0 Å². The highest BCUT2D eigenvalue weighted by atomic mass is 16.5. The molecule has 0 saturated heterocycles. The number of amides is 1. The molecule has 0 aliphatic heterocycles. The van der Waals surface area contributed by atoms with E-state index in [9.17, 15) is 4.79 Å². The lowest BCUT2D eigenvalue weighted by atomic mass is 10.0. The Morgan fingerprint density at radius 3 is 2.83 bits per heavy atom. The van der Waals surface area contributed by atoms with Crippen molar-refractivity contribution in [3.63, 3.8) is 0 Å². The SMILES string of the molecule is CC[C@H](NC(=O)c1cnn2cccnc12)c1ccc(OC)cc1. The molecule has 1 atom stereocenters. The number of nitrogens with zero attached hydrogens (tertiary/aromatic N) is 3. The molecule has 0 radical (unpaired) electrons. The second-order valence-corrected chi connectivity index (χ2v) is 5.15. The van der Waals surface area contributed by atoms with Gasteiger partial charge >= 0.3 is 0 Å². The molecule has 2 heterocycles. The molecule has 0 bridgehead atoms. The second-order valence-electron chi connectivity index (χ2n) is 5.15. The Hall–Kier alpha value is -2.89. The third-order valence-corrected chi connectivity index (χ3v) is 3.76. The van der Waals surface area contributed by atoms with Crippen molar-refractivity contribution in [2.45, 2.75) is 19.4 Å². The van der Waals surface area contributed by atoms with Gasteiger partial charge in [-0.15, -0.1) is 0 Å². The van der Waals surface area contributed by atoms with E-state index >= 15 is 0 Å². The van der Waals surface area contributed by atoms with Crippen molar-refractivity contribution in [1.29, 1.82) is 0 Å². The fourth-order valence-corrected chi connectivity index (χ4v) is 2.48. The number of aromatic nitrogens is 3. The Kier molecular flexibility index (Phi) is 4.23. The molecule has 23 heavy (non-hydrogen) atoms. The van der Waals surface area contributed by atoms with Gasteiger partial charge in [0.25, 0.3) is 5.91 Å². The van der Waals surface area contributed by atoms with E-state index in [1.54, 1.807) is 36.3 Å². The lowest BCUT2D eigenvalue weighted by molar-refractivity contribution is 0.0937. The quantitative estimate of drug-likeness (QED) is 0.786. The molecule has 0 spiro atoms. The first-order chi connectivity index (χ1) is 11.2. The smallest absolute Gasteiger partial charge is 0.257 e.